The van der Waals surface area contributed by atoms with Gasteiger partial charge in [-0.1, -0.05) is 36.6 Å². The highest BCUT2D eigenvalue weighted by atomic mass is 35.5. The molecule has 3 nitrogen and oxygen atoms in total. The van der Waals surface area contributed by atoms with Crippen molar-refractivity contribution in [1.82, 2.24) is 10.6 Å². The molecule has 1 rings (SSSR count). The van der Waals surface area contributed by atoms with Crippen LogP contribution in [0.25, 0.3) is 0 Å². The van der Waals surface area contributed by atoms with Crippen LogP contribution < -0.4 is 10.6 Å². The van der Waals surface area contributed by atoms with Crippen LogP contribution in [0, 0.1) is 12.3 Å². The molecule has 0 bridgehead atoms. The van der Waals surface area contributed by atoms with E-state index < -0.39 is 0 Å². The van der Waals surface area contributed by atoms with E-state index in [1.165, 1.54) is 0 Å². The summed E-state index contributed by atoms with van der Waals surface area (Å²) in [6.07, 6.45) is 5.91. The Labute approximate surface area is 113 Å². The van der Waals surface area contributed by atoms with Gasteiger partial charge in [0.1, 0.15) is 0 Å². The van der Waals surface area contributed by atoms with Crippen LogP contribution in [-0.2, 0) is 4.79 Å². The fraction of sp³-hybridized carbons (Fsp3) is 0.357. The molecule has 0 fully saturated rings. The summed E-state index contributed by atoms with van der Waals surface area (Å²) in [5, 5.41) is 6.49. The summed E-state index contributed by atoms with van der Waals surface area (Å²) in [5.41, 5.74) is 1.05. The van der Waals surface area contributed by atoms with Gasteiger partial charge >= 0.3 is 0 Å². The van der Waals surface area contributed by atoms with E-state index in [4.69, 9.17) is 18.0 Å². The lowest BCUT2D eigenvalue weighted by atomic mass is 10.0. The Morgan fingerprint density at radius 2 is 2.11 bits per heavy atom. The molecule has 2 N–H and O–H groups in total. The van der Waals surface area contributed by atoms with Crippen molar-refractivity contribution in [2.24, 2.45) is 0 Å². The third kappa shape index (κ3) is 4.79. The molecule has 1 aromatic carbocycles. The molecule has 18 heavy (non-hydrogen) atoms. The van der Waals surface area contributed by atoms with Gasteiger partial charge in [-0.3, -0.25) is 10.1 Å². The maximum absolute atomic E-state index is 11.7. The predicted molar refractivity (Wildman–Crippen MR) is 74.3 cm³/mol. The number of halogens is 1. The van der Waals surface area contributed by atoms with Gasteiger partial charge in [0.25, 0.3) is 0 Å². The summed E-state index contributed by atoms with van der Waals surface area (Å²) in [7, 11) is 0. The standard InChI is InChI=1S/C14H17ClN2O/c1-3-9-16-10-14(18)17-13(4-2)11-5-7-12(15)8-6-11/h1,5-8,13,16H,4,9-10H2,2H3,(H,17,18). The molecule has 1 amide bonds. The van der Waals surface area contributed by atoms with Gasteiger partial charge in [-0.25, -0.2) is 0 Å². The third-order valence-corrected chi connectivity index (χ3v) is 2.78. The molecular weight excluding hydrogens is 248 g/mol. The molecule has 1 unspecified atom stereocenters. The van der Waals surface area contributed by atoms with Gasteiger partial charge < -0.3 is 5.32 Å². The fourth-order valence-corrected chi connectivity index (χ4v) is 1.74. The van der Waals surface area contributed by atoms with Crippen molar-refractivity contribution in [3.8, 4) is 12.3 Å². The Kier molecular flexibility index (Phi) is 6.27. The number of rotatable bonds is 6. The van der Waals surface area contributed by atoms with Crippen molar-refractivity contribution >= 4 is 17.5 Å². The molecular formula is C14H17ClN2O. The van der Waals surface area contributed by atoms with Crippen molar-refractivity contribution in [3.05, 3.63) is 34.9 Å². The van der Waals surface area contributed by atoms with Crippen LogP contribution in [0.15, 0.2) is 24.3 Å². The normalized spacial score (nSPS) is 11.6. The number of terminal acetylenes is 1. The minimum Gasteiger partial charge on any atom is -0.348 e. The second-order valence-corrected chi connectivity index (χ2v) is 4.32. The van der Waals surface area contributed by atoms with Crippen LogP contribution in [0.2, 0.25) is 5.02 Å². The summed E-state index contributed by atoms with van der Waals surface area (Å²) >= 11 is 5.83. The Morgan fingerprint density at radius 3 is 2.67 bits per heavy atom. The zero-order chi connectivity index (χ0) is 13.4. The van der Waals surface area contributed by atoms with Gasteiger partial charge in [0.05, 0.1) is 19.1 Å². The number of hydrogen-bond donors (Lipinski definition) is 2. The van der Waals surface area contributed by atoms with E-state index in [2.05, 4.69) is 16.6 Å². The molecule has 4 heteroatoms. The Morgan fingerprint density at radius 1 is 1.44 bits per heavy atom. The quantitative estimate of drug-likeness (QED) is 0.611. The first-order chi connectivity index (χ1) is 8.67. The van der Waals surface area contributed by atoms with E-state index in [1.54, 1.807) is 0 Å². The van der Waals surface area contributed by atoms with Crippen molar-refractivity contribution in [1.29, 1.82) is 0 Å². The summed E-state index contributed by atoms with van der Waals surface area (Å²) in [5.74, 6) is 2.36. The van der Waals surface area contributed by atoms with E-state index in [1.807, 2.05) is 31.2 Å². The number of carbonyl (C=O) groups excluding carboxylic acids is 1. The molecule has 0 radical (unpaired) electrons. The Balaban J connectivity index is 2.54. The van der Waals surface area contributed by atoms with Crippen LogP contribution in [0.4, 0.5) is 0 Å². The highest BCUT2D eigenvalue weighted by Gasteiger charge is 2.11. The minimum absolute atomic E-state index is 0.00222. The summed E-state index contributed by atoms with van der Waals surface area (Å²) in [4.78, 5) is 11.7. The zero-order valence-corrected chi connectivity index (χ0v) is 11.1. The Bertz CT molecular complexity index is 422. The largest absolute Gasteiger partial charge is 0.348 e. The van der Waals surface area contributed by atoms with Gasteiger partial charge in [-0.2, -0.15) is 0 Å². The first-order valence-electron chi connectivity index (χ1n) is 5.86. The van der Waals surface area contributed by atoms with Gasteiger partial charge in [-0.15, -0.1) is 6.42 Å². The lowest BCUT2D eigenvalue weighted by Crippen LogP contribution is -2.36. The second-order valence-electron chi connectivity index (χ2n) is 3.89. The summed E-state index contributed by atoms with van der Waals surface area (Å²) < 4.78 is 0. The molecule has 1 atom stereocenters. The van der Waals surface area contributed by atoms with Crippen molar-refractivity contribution in [2.75, 3.05) is 13.1 Å². The van der Waals surface area contributed by atoms with Crippen LogP contribution in [0.1, 0.15) is 24.9 Å². The topological polar surface area (TPSA) is 41.1 Å². The first-order valence-corrected chi connectivity index (χ1v) is 6.24. The molecule has 96 valence electrons. The van der Waals surface area contributed by atoms with Crippen LogP contribution >= 0.6 is 11.6 Å². The van der Waals surface area contributed by atoms with Crippen LogP contribution in [-0.4, -0.2) is 19.0 Å². The van der Waals surface area contributed by atoms with Gasteiger partial charge in [0.2, 0.25) is 5.91 Å². The van der Waals surface area contributed by atoms with E-state index in [9.17, 15) is 4.79 Å². The molecule has 0 saturated heterocycles. The lowest BCUT2D eigenvalue weighted by molar-refractivity contribution is -0.121. The molecule has 0 aliphatic rings. The SMILES string of the molecule is C#CCNCC(=O)NC(CC)c1ccc(Cl)cc1. The number of amides is 1. The fourth-order valence-electron chi connectivity index (χ4n) is 1.61. The van der Waals surface area contributed by atoms with Gasteiger partial charge in [0, 0.05) is 5.02 Å². The Hall–Kier alpha value is -1.50. The number of carbonyl (C=O) groups is 1. The van der Waals surface area contributed by atoms with Crippen molar-refractivity contribution in [2.45, 2.75) is 19.4 Å². The predicted octanol–water partition coefficient (Wildman–Crippen LogP) is 2.13. The lowest BCUT2D eigenvalue weighted by Gasteiger charge is -2.17. The number of benzene rings is 1. The minimum atomic E-state index is -0.0629. The van der Waals surface area contributed by atoms with E-state index >= 15 is 0 Å². The summed E-state index contributed by atoms with van der Waals surface area (Å²) in [6, 6.07) is 7.49. The monoisotopic (exact) mass is 264 g/mol. The maximum atomic E-state index is 11.7. The first kappa shape index (κ1) is 14.6. The average molecular weight is 265 g/mol. The molecule has 1 aromatic rings. The van der Waals surface area contributed by atoms with Crippen molar-refractivity contribution < 1.29 is 4.79 Å². The van der Waals surface area contributed by atoms with Crippen LogP contribution in [0.5, 0.6) is 0 Å². The number of nitrogens with one attached hydrogen (secondary N) is 2. The molecule has 0 aliphatic carbocycles. The zero-order valence-electron chi connectivity index (χ0n) is 10.4. The molecule has 0 saturated carbocycles. The molecule has 0 aromatic heterocycles. The smallest absolute Gasteiger partial charge is 0.234 e. The highest BCUT2D eigenvalue weighted by Crippen LogP contribution is 2.18. The van der Waals surface area contributed by atoms with E-state index in [0.29, 0.717) is 11.6 Å². The molecule has 0 spiro atoms. The van der Waals surface area contributed by atoms with Crippen LogP contribution in [0.3, 0.4) is 0 Å². The summed E-state index contributed by atoms with van der Waals surface area (Å²) in [6.45, 7) is 2.65. The van der Waals surface area contributed by atoms with E-state index in [0.717, 1.165) is 12.0 Å². The molecule has 0 aliphatic heterocycles. The number of hydrogen-bond acceptors (Lipinski definition) is 2. The molecule has 0 heterocycles. The third-order valence-electron chi connectivity index (χ3n) is 2.53. The van der Waals surface area contributed by atoms with E-state index in [-0.39, 0.29) is 18.5 Å². The van der Waals surface area contributed by atoms with Gasteiger partial charge in [0.15, 0.2) is 0 Å². The average Bonchev–Trinajstić information content (AvgIpc) is 2.37. The second kappa shape index (κ2) is 7.75. The highest BCUT2D eigenvalue weighted by molar-refractivity contribution is 6.30. The van der Waals surface area contributed by atoms with Gasteiger partial charge in [-0.05, 0) is 24.1 Å². The maximum Gasteiger partial charge on any atom is 0.234 e. The van der Waals surface area contributed by atoms with Crippen molar-refractivity contribution in [3.63, 3.8) is 0 Å².